The summed E-state index contributed by atoms with van der Waals surface area (Å²) in [5.74, 6) is 0. The fraction of sp³-hybridized carbons (Fsp3) is 1.00. The highest BCUT2D eigenvalue weighted by Gasteiger charge is 2.12. The van der Waals surface area contributed by atoms with Crippen molar-refractivity contribution in [2.75, 3.05) is 32.8 Å². The molecule has 0 aromatic heterocycles. The summed E-state index contributed by atoms with van der Waals surface area (Å²) in [4.78, 5) is 2.35. The fourth-order valence-electron chi connectivity index (χ4n) is 1.55. The van der Waals surface area contributed by atoms with Crippen molar-refractivity contribution in [1.29, 1.82) is 0 Å². The van der Waals surface area contributed by atoms with E-state index >= 15 is 0 Å². The lowest BCUT2D eigenvalue weighted by atomic mass is 10.1. The standard InChI is InChI=1S/C9H21N3O2/c10-8(9(11)13)2-1-3-12-4-6-14-7-5-12/h8-9,13H,1-7,10-11H2. The number of nitrogens with zero attached hydrogens (tertiary/aromatic N) is 1. The average Bonchev–Trinajstić information content (AvgIpc) is 2.19. The molecule has 0 bridgehead atoms. The van der Waals surface area contributed by atoms with E-state index in [4.69, 9.17) is 21.3 Å². The maximum absolute atomic E-state index is 8.98. The number of aliphatic hydroxyl groups excluding tert-OH is 1. The van der Waals surface area contributed by atoms with Gasteiger partial charge in [-0.1, -0.05) is 0 Å². The number of hydrogen-bond donors (Lipinski definition) is 3. The molecule has 2 unspecified atom stereocenters. The molecule has 0 saturated carbocycles. The topological polar surface area (TPSA) is 84.7 Å². The average molecular weight is 203 g/mol. The van der Waals surface area contributed by atoms with Crippen molar-refractivity contribution in [2.45, 2.75) is 25.1 Å². The molecule has 0 spiro atoms. The van der Waals surface area contributed by atoms with E-state index in [1.807, 2.05) is 0 Å². The van der Waals surface area contributed by atoms with Crippen LogP contribution in [0, 0.1) is 0 Å². The Balaban J connectivity index is 2.02. The second-order valence-corrected chi connectivity index (χ2v) is 3.75. The maximum atomic E-state index is 8.98. The Hall–Kier alpha value is -0.200. The monoisotopic (exact) mass is 203 g/mol. The van der Waals surface area contributed by atoms with Crippen molar-refractivity contribution in [3.63, 3.8) is 0 Å². The van der Waals surface area contributed by atoms with Crippen LogP contribution in [0.5, 0.6) is 0 Å². The van der Waals surface area contributed by atoms with Crippen LogP contribution in [0.2, 0.25) is 0 Å². The van der Waals surface area contributed by atoms with Gasteiger partial charge in [-0.2, -0.15) is 0 Å². The molecule has 0 radical (unpaired) electrons. The molecule has 84 valence electrons. The molecule has 5 nitrogen and oxygen atoms in total. The molecule has 1 heterocycles. The first kappa shape index (κ1) is 11.9. The smallest absolute Gasteiger partial charge is 0.117 e. The van der Waals surface area contributed by atoms with Gasteiger partial charge in [-0.05, 0) is 19.4 Å². The molecule has 1 rings (SSSR count). The van der Waals surface area contributed by atoms with Crippen LogP contribution in [0.15, 0.2) is 0 Å². The summed E-state index contributed by atoms with van der Waals surface area (Å²) in [6.45, 7) is 4.67. The molecular formula is C9H21N3O2. The Morgan fingerprint density at radius 1 is 1.29 bits per heavy atom. The molecule has 0 amide bonds. The second kappa shape index (κ2) is 6.31. The predicted molar refractivity (Wildman–Crippen MR) is 54.7 cm³/mol. The van der Waals surface area contributed by atoms with Gasteiger partial charge in [0.2, 0.25) is 0 Å². The Bertz CT molecular complexity index is 149. The normalized spacial score (nSPS) is 23.4. The summed E-state index contributed by atoms with van der Waals surface area (Å²) in [6, 6.07) is -0.295. The molecular weight excluding hydrogens is 182 g/mol. The Kier molecular flexibility index (Phi) is 5.36. The first-order valence-electron chi connectivity index (χ1n) is 5.19. The van der Waals surface area contributed by atoms with Crippen molar-refractivity contribution in [3.8, 4) is 0 Å². The first-order valence-corrected chi connectivity index (χ1v) is 5.19. The van der Waals surface area contributed by atoms with Crippen LogP contribution in [0.4, 0.5) is 0 Å². The van der Waals surface area contributed by atoms with E-state index in [0.29, 0.717) is 0 Å². The first-order chi connectivity index (χ1) is 6.70. The lowest BCUT2D eigenvalue weighted by Gasteiger charge is -2.27. The minimum atomic E-state index is -0.889. The SMILES string of the molecule is NC(O)C(N)CCCN1CCOCC1. The summed E-state index contributed by atoms with van der Waals surface area (Å²) in [5, 5.41) is 8.98. The maximum Gasteiger partial charge on any atom is 0.117 e. The zero-order valence-corrected chi connectivity index (χ0v) is 8.56. The summed E-state index contributed by atoms with van der Waals surface area (Å²) >= 11 is 0. The highest BCUT2D eigenvalue weighted by molar-refractivity contribution is 4.68. The van der Waals surface area contributed by atoms with Crippen LogP contribution in [0.3, 0.4) is 0 Å². The summed E-state index contributed by atoms with van der Waals surface area (Å²) in [7, 11) is 0. The van der Waals surface area contributed by atoms with Crippen molar-refractivity contribution < 1.29 is 9.84 Å². The van der Waals surface area contributed by atoms with Crippen LogP contribution in [-0.4, -0.2) is 55.1 Å². The molecule has 2 atom stereocenters. The molecule has 1 aliphatic heterocycles. The molecule has 1 fully saturated rings. The van der Waals surface area contributed by atoms with Crippen LogP contribution < -0.4 is 11.5 Å². The number of morpholine rings is 1. The molecule has 5 N–H and O–H groups in total. The second-order valence-electron chi connectivity index (χ2n) is 3.75. The Morgan fingerprint density at radius 2 is 1.93 bits per heavy atom. The van der Waals surface area contributed by atoms with E-state index in [1.54, 1.807) is 0 Å². The van der Waals surface area contributed by atoms with Crippen LogP contribution >= 0.6 is 0 Å². The lowest BCUT2D eigenvalue weighted by Crippen LogP contribution is -2.42. The molecule has 0 aromatic rings. The molecule has 0 aromatic carbocycles. The molecule has 14 heavy (non-hydrogen) atoms. The van der Waals surface area contributed by atoms with E-state index in [0.717, 1.165) is 45.7 Å². The largest absolute Gasteiger partial charge is 0.379 e. The van der Waals surface area contributed by atoms with Crippen molar-refractivity contribution in [1.82, 2.24) is 4.90 Å². The zero-order chi connectivity index (χ0) is 10.4. The molecule has 5 heteroatoms. The van der Waals surface area contributed by atoms with Gasteiger partial charge in [0.05, 0.1) is 13.2 Å². The number of ether oxygens (including phenoxy) is 1. The zero-order valence-electron chi connectivity index (χ0n) is 8.56. The third kappa shape index (κ3) is 4.34. The minimum Gasteiger partial charge on any atom is -0.379 e. The van der Waals surface area contributed by atoms with Crippen molar-refractivity contribution in [3.05, 3.63) is 0 Å². The number of rotatable bonds is 5. The van der Waals surface area contributed by atoms with Gasteiger partial charge in [0.1, 0.15) is 6.23 Å². The van der Waals surface area contributed by atoms with Gasteiger partial charge in [-0.3, -0.25) is 4.90 Å². The highest BCUT2D eigenvalue weighted by Crippen LogP contribution is 2.02. The highest BCUT2D eigenvalue weighted by atomic mass is 16.5. The van der Waals surface area contributed by atoms with Gasteiger partial charge in [-0.15, -0.1) is 0 Å². The quantitative estimate of drug-likeness (QED) is 0.484. The number of aliphatic hydroxyl groups is 1. The van der Waals surface area contributed by atoms with Crippen LogP contribution in [0.1, 0.15) is 12.8 Å². The molecule has 1 aliphatic rings. The van der Waals surface area contributed by atoms with Crippen LogP contribution in [-0.2, 0) is 4.74 Å². The van der Waals surface area contributed by atoms with Gasteiger partial charge in [-0.25, -0.2) is 0 Å². The van der Waals surface area contributed by atoms with Gasteiger partial charge in [0, 0.05) is 19.1 Å². The summed E-state index contributed by atoms with van der Waals surface area (Å²) < 4.78 is 5.24. The number of nitrogens with two attached hydrogens (primary N) is 2. The van der Waals surface area contributed by atoms with Gasteiger partial charge < -0.3 is 21.3 Å². The Labute approximate surface area is 85.0 Å². The third-order valence-electron chi connectivity index (χ3n) is 2.55. The van der Waals surface area contributed by atoms with E-state index in [1.165, 1.54) is 0 Å². The van der Waals surface area contributed by atoms with Gasteiger partial charge >= 0.3 is 0 Å². The van der Waals surface area contributed by atoms with E-state index < -0.39 is 6.23 Å². The molecule has 0 aliphatic carbocycles. The predicted octanol–water partition coefficient (Wildman–Crippen LogP) is -1.30. The van der Waals surface area contributed by atoms with Gasteiger partial charge in [0.25, 0.3) is 0 Å². The van der Waals surface area contributed by atoms with E-state index in [9.17, 15) is 0 Å². The van der Waals surface area contributed by atoms with E-state index in [-0.39, 0.29) is 6.04 Å². The van der Waals surface area contributed by atoms with Crippen molar-refractivity contribution >= 4 is 0 Å². The van der Waals surface area contributed by atoms with Crippen molar-refractivity contribution in [2.24, 2.45) is 11.5 Å². The van der Waals surface area contributed by atoms with E-state index in [2.05, 4.69) is 4.90 Å². The van der Waals surface area contributed by atoms with Gasteiger partial charge in [0.15, 0.2) is 0 Å². The molecule has 1 saturated heterocycles. The third-order valence-corrected chi connectivity index (χ3v) is 2.55. The number of hydrogen-bond acceptors (Lipinski definition) is 5. The lowest BCUT2D eigenvalue weighted by molar-refractivity contribution is 0.0362. The summed E-state index contributed by atoms with van der Waals surface area (Å²) in [6.07, 6.45) is 0.865. The fourth-order valence-corrected chi connectivity index (χ4v) is 1.55. The van der Waals surface area contributed by atoms with Crippen LogP contribution in [0.25, 0.3) is 0 Å². The minimum absolute atomic E-state index is 0.295. The Morgan fingerprint density at radius 3 is 2.50 bits per heavy atom. The summed E-state index contributed by atoms with van der Waals surface area (Å²) in [5.41, 5.74) is 10.9.